The molecule has 0 heterocycles. The number of amides is 2. The Morgan fingerprint density at radius 2 is 1.88 bits per heavy atom. The maximum Gasteiger partial charge on any atom is 0.269 e. The maximum atomic E-state index is 12.9. The van der Waals surface area contributed by atoms with Gasteiger partial charge in [-0.1, -0.05) is 13.3 Å². The highest BCUT2D eigenvalue weighted by molar-refractivity contribution is 5.96. The molecule has 0 saturated heterocycles. The Kier molecular flexibility index (Phi) is 6.00. The lowest BCUT2D eigenvalue weighted by atomic mass is 10.1. The number of hydrogen-bond donors (Lipinski definition) is 1. The van der Waals surface area contributed by atoms with Crippen molar-refractivity contribution < 1.29 is 14.5 Å². The summed E-state index contributed by atoms with van der Waals surface area (Å²) in [5.41, 5.74) is 0.0602. The molecule has 26 heavy (non-hydrogen) atoms. The molecule has 7 nitrogen and oxygen atoms in total. The highest BCUT2D eigenvalue weighted by atomic mass is 16.6. The maximum absolute atomic E-state index is 12.9. The highest BCUT2D eigenvalue weighted by Gasteiger charge is 2.49. The topological polar surface area (TPSA) is 92.6 Å². The van der Waals surface area contributed by atoms with Crippen LogP contribution in [0.1, 0.15) is 57.3 Å². The van der Waals surface area contributed by atoms with Crippen LogP contribution in [0.25, 0.3) is 0 Å². The van der Waals surface area contributed by atoms with E-state index < -0.39 is 4.92 Å². The molecule has 0 spiro atoms. The Balaban J connectivity index is 2.11. The molecule has 7 heteroatoms. The van der Waals surface area contributed by atoms with Gasteiger partial charge >= 0.3 is 0 Å². The predicted octanol–water partition coefficient (Wildman–Crippen LogP) is 3.14. The van der Waals surface area contributed by atoms with Gasteiger partial charge in [0.2, 0.25) is 5.91 Å². The smallest absolute Gasteiger partial charge is 0.269 e. The van der Waals surface area contributed by atoms with Crippen molar-refractivity contribution in [3.8, 4) is 0 Å². The van der Waals surface area contributed by atoms with Crippen LogP contribution in [0.3, 0.4) is 0 Å². The van der Waals surface area contributed by atoms with Gasteiger partial charge in [0.05, 0.1) is 10.8 Å². The molecule has 2 amide bonds. The monoisotopic (exact) mass is 361 g/mol. The lowest BCUT2D eigenvalue weighted by Crippen LogP contribution is -2.43. The van der Waals surface area contributed by atoms with Gasteiger partial charge in [-0.15, -0.1) is 0 Å². The number of hydrogen-bond acceptors (Lipinski definition) is 4. The molecule has 0 unspecified atom stereocenters. The van der Waals surface area contributed by atoms with Crippen LogP contribution in [-0.4, -0.2) is 39.8 Å². The second-order valence-corrected chi connectivity index (χ2v) is 7.80. The Labute approximate surface area is 153 Å². The van der Waals surface area contributed by atoms with Gasteiger partial charge in [0.1, 0.15) is 0 Å². The summed E-state index contributed by atoms with van der Waals surface area (Å²) in [6.45, 7) is 8.42. The molecule has 1 N–H and O–H groups in total. The van der Waals surface area contributed by atoms with Crippen LogP contribution in [0.5, 0.6) is 0 Å². The zero-order valence-corrected chi connectivity index (χ0v) is 15.8. The third kappa shape index (κ3) is 5.03. The summed E-state index contributed by atoms with van der Waals surface area (Å²) in [5, 5.41) is 13.7. The second kappa shape index (κ2) is 7.85. The Bertz CT molecular complexity index is 679. The van der Waals surface area contributed by atoms with Gasteiger partial charge < -0.3 is 10.2 Å². The van der Waals surface area contributed by atoms with Crippen molar-refractivity contribution in [2.75, 3.05) is 6.54 Å². The molecule has 0 radical (unpaired) electrons. The fraction of sp³-hybridized carbons (Fsp3) is 0.579. The molecule has 0 aliphatic heterocycles. The van der Waals surface area contributed by atoms with Crippen LogP contribution in [-0.2, 0) is 4.79 Å². The van der Waals surface area contributed by atoms with E-state index in [1.165, 1.54) is 24.3 Å². The second-order valence-electron chi connectivity index (χ2n) is 7.80. The van der Waals surface area contributed by atoms with E-state index in [1.54, 1.807) is 4.90 Å². The van der Waals surface area contributed by atoms with Crippen molar-refractivity contribution in [2.45, 2.75) is 58.5 Å². The van der Waals surface area contributed by atoms with Crippen LogP contribution >= 0.6 is 0 Å². The van der Waals surface area contributed by atoms with Gasteiger partial charge in [0.15, 0.2) is 0 Å². The highest BCUT2D eigenvalue weighted by Crippen LogP contribution is 2.37. The zero-order chi connectivity index (χ0) is 19.5. The standard InChI is InChI=1S/C19H27N3O4/c1-5-6-11-21(16-12-15(16)17(23)20-19(2,3)4)18(24)13-7-9-14(10-8-13)22(25)26/h7-10,15-16H,5-6,11-12H2,1-4H3,(H,20,23)/t15-,16-/m1/s1. The molecular formula is C19H27N3O4. The SMILES string of the molecule is CCCCN(C(=O)c1ccc([N+](=O)[O-])cc1)[C@@H]1C[C@H]1C(=O)NC(C)(C)C. The summed E-state index contributed by atoms with van der Waals surface area (Å²) in [6, 6.07) is 5.52. The first-order valence-electron chi connectivity index (χ1n) is 9.01. The van der Waals surface area contributed by atoms with E-state index >= 15 is 0 Å². The van der Waals surface area contributed by atoms with Crippen molar-refractivity contribution in [1.29, 1.82) is 0 Å². The largest absolute Gasteiger partial charge is 0.351 e. The number of benzene rings is 1. The first kappa shape index (κ1) is 19.9. The summed E-state index contributed by atoms with van der Waals surface area (Å²) >= 11 is 0. The molecule has 1 aliphatic rings. The van der Waals surface area contributed by atoms with Crippen molar-refractivity contribution in [2.24, 2.45) is 5.92 Å². The van der Waals surface area contributed by atoms with Crippen LogP contribution in [0.15, 0.2) is 24.3 Å². The van der Waals surface area contributed by atoms with Crippen molar-refractivity contribution in [3.05, 3.63) is 39.9 Å². The first-order chi connectivity index (χ1) is 12.1. The van der Waals surface area contributed by atoms with Crippen molar-refractivity contribution >= 4 is 17.5 Å². The molecule has 0 aromatic heterocycles. The summed E-state index contributed by atoms with van der Waals surface area (Å²) in [5.74, 6) is -0.391. The van der Waals surface area contributed by atoms with Gasteiger partial charge in [-0.05, 0) is 45.7 Å². The number of rotatable bonds is 7. The van der Waals surface area contributed by atoms with E-state index in [0.29, 0.717) is 18.5 Å². The van der Waals surface area contributed by atoms with Gasteiger partial charge in [-0.25, -0.2) is 0 Å². The van der Waals surface area contributed by atoms with Gasteiger partial charge in [0, 0.05) is 35.8 Å². The lowest BCUT2D eigenvalue weighted by molar-refractivity contribution is -0.384. The number of unbranched alkanes of at least 4 members (excludes halogenated alkanes) is 1. The Morgan fingerprint density at radius 3 is 2.38 bits per heavy atom. The summed E-state index contributed by atoms with van der Waals surface area (Å²) < 4.78 is 0. The number of non-ortho nitro benzene ring substituents is 1. The number of nitrogens with one attached hydrogen (secondary N) is 1. The van der Waals surface area contributed by atoms with Gasteiger partial charge in [0.25, 0.3) is 11.6 Å². The Hall–Kier alpha value is -2.44. The van der Waals surface area contributed by atoms with Crippen LogP contribution in [0.2, 0.25) is 0 Å². The molecule has 142 valence electrons. The minimum atomic E-state index is -0.489. The average Bonchev–Trinajstić information content (AvgIpc) is 3.34. The summed E-state index contributed by atoms with van der Waals surface area (Å²) in [7, 11) is 0. The van der Waals surface area contributed by atoms with Crippen LogP contribution < -0.4 is 5.32 Å². The fourth-order valence-corrected chi connectivity index (χ4v) is 2.91. The van der Waals surface area contributed by atoms with Crippen LogP contribution in [0, 0.1) is 16.0 Å². The number of carbonyl (C=O) groups is 2. The summed E-state index contributed by atoms with van der Waals surface area (Å²) in [6.07, 6.45) is 2.45. The third-order valence-corrected chi connectivity index (χ3v) is 4.33. The molecule has 1 aliphatic carbocycles. The first-order valence-corrected chi connectivity index (χ1v) is 9.01. The van der Waals surface area contributed by atoms with E-state index in [2.05, 4.69) is 5.32 Å². The minimum absolute atomic E-state index is 0.0273. The predicted molar refractivity (Wildman–Crippen MR) is 98.8 cm³/mol. The normalized spacial score (nSPS) is 18.9. The average molecular weight is 361 g/mol. The van der Waals surface area contributed by atoms with E-state index in [0.717, 1.165) is 12.8 Å². The zero-order valence-electron chi connectivity index (χ0n) is 15.8. The van der Waals surface area contributed by atoms with Gasteiger partial charge in [-0.2, -0.15) is 0 Å². The van der Waals surface area contributed by atoms with Crippen molar-refractivity contribution in [3.63, 3.8) is 0 Å². The number of nitro benzene ring substituents is 1. The summed E-state index contributed by atoms with van der Waals surface area (Å²) in [4.78, 5) is 37.3. The quantitative estimate of drug-likeness (QED) is 0.596. The third-order valence-electron chi connectivity index (χ3n) is 4.33. The molecule has 1 saturated carbocycles. The number of nitro groups is 1. The molecular weight excluding hydrogens is 334 g/mol. The molecule has 1 fully saturated rings. The van der Waals surface area contributed by atoms with E-state index in [9.17, 15) is 19.7 Å². The van der Waals surface area contributed by atoms with E-state index in [-0.39, 0.29) is 35.0 Å². The van der Waals surface area contributed by atoms with E-state index in [4.69, 9.17) is 0 Å². The number of carbonyl (C=O) groups excluding carboxylic acids is 2. The molecule has 2 atom stereocenters. The molecule has 2 rings (SSSR count). The number of nitrogens with zero attached hydrogens (tertiary/aromatic N) is 2. The minimum Gasteiger partial charge on any atom is -0.351 e. The van der Waals surface area contributed by atoms with Gasteiger partial charge in [-0.3, -0.25) is 19.7 Å². The van der Waals surface area contributed by atoms with Crippen LogP contribution in [0.4, 0.5) is 5.69 Å². The van der Waals surface area contributed by atoms with Crippen molar-refractivity contribution in [1.82, 2.24) is 10.2 Å². The Morgan fingerprint density at radius 1 is 1.27 bits per heavy atom. The fourth-order valence-electron chi connectivity index (χ4n) is 2.91. The van der Waals surface area contributed by atoms with E-state index in [1.807, 2.05) is 27.7 Å². The molecule has 1 aromatic carbocycles. The molecule has 1 aromatic rings. The molecule has 0 bridgehead atoms. The lowest BCUT2D eigenvalue weighted by Gasteiger charge is -2.24.